The van der Waals surface area contributed by atoms with Crippen LogP contribution in [0.5, 0.6) is 0 Å². The van der Waals surface area contributed by atoms with Crippen molar-refractivity contribution in [2.45, 2.75) is 77.8 Å². The van der Waals surface area contributed by atoms with Crippen LogP contribution in [0.3, 0.4) is 0 Å². The van der Waals surface area contributed by atoms with Gasteiger partial charge in [0.2, 0.25) is 0 Å². The van der Waals surface area contributed by atoms with Crippen molar-refractivity contribution in [1.82, 2.24) is 0 Å². The maximum Gasteiger partial charge on any atom is 0.0801 e. The Morgan fingerprint density at radius 1 is 0.571 bits per heavy atom. The number of hydrogen-bond donors (Lipinski definition) is 4. The van der Waals surface area contributed by atoms with Gasteiger partial charge in [0, 0.05) is 28.4 Å². The lowest BCUT2D eigenvalue weighted by molar-refractivity contribution is 0.0265. The Balaban J connectivity index is -0.000000138. The Hall–Kier alpha value is -0.320. The molecule has 4 unspecified atom stereocenters. The van der Waals surface area contributed by atoms with Crippen molar-refractivity contribution in [2.24, 2.45) is 0 Å². The monoisotopic (exact) mass is 416 g/mol. The van der Waals surface area contributed by atoms with Crippen LogP contribution >= 0.6 is 0 Å². The van der Waals surface area contributed by atoms with Gasteiger partial charge in [0.05, 0.1) is 50.8 Å². The van der Waals surface area contributed by atoms with E-state index in [0.717, 1.165) is 19.3 Å². The minimum absolute atomic E-state index is 0.0417. The molecule has 0 aliphatic carbocycles. The Labute approximate surface area is 172 Å². The Morgan fingerprint density at radius 3 is 1.07 bits per heavy atom. The molecule has 176 valence electrons. The van der Waals surface area contributed by atoms with Gasteiger partial charge in [-0.25, -0.2) is 0 Å². The summed E-state index contributed by atoms with van der Waals surface area (Å²) in [6.45, 7) is 8.97. The van der Waals surface area contributed by atoms with Gasteiger partial charge in [-0.1, -0.05) is 27.7 Å². The number of methoxy groups -OCH3 is 4. The summed E-state index contributed by atoms with van der Waals surface area (Å²) in [4.78, 5) is 0. The Bertz CT molecular complexity index is 227. The minimum Gasteiger partial charge on any atom is -0.394 e. The molecule has 8 heteroatoms. The summed E-state index contributed by atoms with van der Waals surface area (Å²) in [5.74, 6) is 0. The number of aliphatic hydroxyl groups excluding tert-OH is 4. The van der Waals surface area contributed by atoms with E-state index >= 15 is 0 Å². The maximum atomic E-state index is 8.73. The van der Waals surface area contributed by atoms with Crippen LogP contribution in [0.4, 0.5) is 0 Å². The van der Waals surface area contributed by atoms with Crippen LogP contribution in [0, 0.1) is 0 Å². The molecular formula is C20H48O8. The van der Waals surface area contributed by atoms with E-state index in [1.807, 2.05) is 20.8 Å². The van der Waals surface area contributed by atoms with Crippen LogP contribution in [-0.4, -0.2) is 99.7 Å². The van der Waals surface area contributed by atoms with Crippen LogP contribution in [0.2, 0.25) is 0 Å². The SMILES string of the molecule is CCC(CO)OC.CCC(COC)OC.CCC(O)CO.CCC(O)COC. The summed E-state index contributed by atoms with van der Waals surface area (Å²) in [6.07, 6.45) is 2.84. The van der Waals surface area contributed by atoms with Crippen molar-refractivity contribution in [3.63, 3.8) is 0 Å². The van der Waals surface area contributed by atoms with Gasteiger partial charge in [-0.15, -0.1) is 0 Å². The molecule has 0 aliphatic heterocycles. The quantitative estimate of drug-likeness (QED) is 0.379. The molecule has 0 fully saturated rings. The molecule has 0 aromatic rings. The molecule has 0 saturated carbocycles. The molecule has 4 atom stereocenters. The van der Waals surface area contributed by atoms with E-state index < -0.39 is 6.10 Å². The van der Waals surface area contributed by atoms with Gasteiger partial charge in [0.1, 0.15) is 0 Å². The standard InChI is InChI=1S/C6H14O2.2C5H12O2.C4H10O2/c1-4-6(8-3)5-7-2;1-3-5(6)4-7-2;1-3-5(4-6)7-2;1-2-4(6)3-5/h6H,4-5H2,1-3H3;2*5-6H,3-4H2,1-2H3;4-6H,2-3H2,1H3. The molecule has 4 N–H and O–H groups in total. The highest BCUT2D eigenvalue weighted by Gasteiger charge is 2.00. The van der Waals surface area contributed by atoms with E-state index in [4.69, 9.17) is 34.6 Å². The van der Waals surface area contributed by atoms with E-state index in [1.165, 1.54) is 0 Å². The fourth-order valence-corrected chi connectivity index (χ4v) is 1.35. The molecule has 28 heavy (non-hydrogen) atoms. The topological polar surface area (TPSA) is 118 Å². The molecule has 0 heterocycles. The number of ether oxygens (including phenoxy) is 4. The summed E-state index contributed by atoms with van der Waals surface area (Å²) in [7, 11) is 6.57. The molecule has 0 amide bonds. The Morgan fingerprint density at radius 2 is 1.00 bits per heavy atom. The molecule has 0 saturated heterocycles. The first kappa shape index (κ1) is 35.1. The third-order valence-electron chi connectivity index (χ3n) is 3.65. The highest BCUT2D eigenvalue weighted by Crippen LogP contribution is 1.94. The molecule has 0 spiro atoms. The van der Waals surface area contributed by atoms with Crippen LogP contribution in [0.25, 0.3) is 0 Å². The molecular weight excluding hydrogens is 368 g/mol. The molecule has 8 nitrogen and oxygen atoms in total. The summed E-state index contributed by atoms with van der Waals surface area (Å²) in [5.41, 5.74) is 0. The zero-order valence-electron chi connectivity index (χ0n) is 19.4. The fourth-order valence-electron chi connectivity index (χ4n) is 1.35. The second-order valence-electron chi connectivity index (χ2n) is 5.93. The van der Waals surface area contributed by atoms with Gasteiger partial charge < -0.3 is 39.4 Å². The third kappa shape index (κ3) is 33.3. The van der Waals surface area contributed by atoms with Crippen molar-refractivity contribution in [3.05, 3.63) is 0 Å². The molecule has 0 radical (unpaired) electrons. The normalized spacial score (nSPS) is 14.1. The van der Waals surface area contributed by atoms with Crippen LogP contribution in [0.1, 0.15) is 53.4 Å². The summed E-state index contributed by atoms with van der Waals surface area (Å²) in [6, 6.07) is 0. The van der Waals surface area contributed by atoms with E-state index in [9.17, 15) is 0 Å². The fraction of sp³-hybridized carbons (Fsp3) is 1.00. The largest absolute Gasteiger partial charge is 0.394 e. The second-order valence-corrected chi connectivity index (χ2v) is 5.93. The van der Waals surface area contributed by atoms with Crippen LogP contribution in [-0.2, 0) is 18.9 Å². The number of aliphatic hydroxyl groups is 4. The van der Waals surface area contributed by atoms with Gasteiger partial charge in [0.15, 0.2) is 0 Å². The van der Waals surface area contributed by atoms with E-state index in [-0.39, 0.29) is 31.5 Å². The highest BCUT2D eigenvalue weighted by atomic mass is 16.5. The first-order chi connectivity index (χ1) is 13.3. The molecule has 0 aromatic carbocycles. The molecule has 0 bridgehead atoms. The Kier molecular flexibility index (Phi) is 39.4. The summed E-state index contributed by atoms with van der Waals surface area (Å²) < 4.78 is 19.3. The summed E-state index contributed by atoms with van der Waals surface area (Å²) in [5, 5.41) is 33.6. The lowest BCUT2D eigenvalue weighted by atomic mass is 10.3. The predicted octanol–water partition coefficient (Wildman–Crippen LogP) is 1.61. The molecule has 0 aromatic heterocycles. The zero-order valence-corrected chi connectivity index (χ0v) is 19.4. The average molecular weight is 417 g/mol. The zero-order chi connectivity index (χ0) is 22.8. The van der Waals surface area contributed by atoms with Gasteiger partial charge in [-0.3, -0.25) is 0 Å². The van der Waals surface area contributed by atoms with Crippen molar-refractivity contribution in [3.8, 4) is 0 Å². The highest BCUT2D eigenvalue weighted by molar-refractivity contribution is 4.49. The minimum atomic E-state index is -0.509. The molecule has 0 aliphatic rings. The van der Waals surface area contributed by atoms with Crippen molar-refractivity contribution < 1.29 is 39.4 Å². The average Bonchev–Trinajstić information content (AvgIpc) is 2.74. The number of rotatable bonds is 12. The van der Waals surface area contributed by atoms with Gasteiger partial charge in [0.25, 0.3) is 0 Å². The smallest absolute Gasteiger partial charge is 0.0801 e. The van der Waals surface area contributed by atoms with Crippen LogP contribution < -0.4 is 0 Å². The van der Waals surface area contributed by atoms with Gasteiger partial charge >= 0.3 is 0 Å². The van der Waals surface area contributed by atoms with Crippen LogP contribution in [0.15, 0.2) is 0 Å². The lowest BCUT2D eigenvalue weighted by Crippen LogP contribution is -2.15. The first-order valence-corrected chi connectivity index (χ1v) is 9.93. The van der Waals surface area contributed by atoms with Crippen molar-refractivity contribution in [2.75, 3.05) is 54.9 Å². The van der Waals surface area contributed by atoms with E-state index in [2.05, 4.69) is 11.7 Å². The number of hydrogen-bond acceptors (Lipinski definition) is 8. The second kappa shape index (κ2) is 31.4. The predicted molar refractivity (Wildman–Crippen MR) is 113 cm³/mol. The van der Waals surface area contributed by atoms with E-state index in [1.54, 1.807) is 28.4 Å². The van der Waals surface area contributed by atoms with Gasteiger partial charge in [-0.05, 0) is 25.7 Å². The first-order valence-electron chi connectivity index (χ1n) is 9.93. The summed E-state index contributed by atoms with van der Waals surface area (Å²) >= 11 is 0. The third-order valence-corrected chi connectivity index (χ3v) is 3.65. The maximum absolute atomic E-state index is 8.73. The van der Waals surface area contributed by atoms with Crippen molar-refractivity contribution >= 4 is 0 Å². The lowest BCUT2D eigenvalue weighted by Gasteiger charge is -2.09. The van der Waals surface area contributed by atoms with Crippen molar-refractivity contribution in [1.29, 1.82) is 0 Å². The van der Waals surface area contributed by atoms with E-state index in [0.29, 0.717) is 19.6 Å². The molecule has 0 rings (SSSR count). The van der Waals surface area contributed by atoms with Gasteiger partial charge in [-0.2, -0.15) is 0 Å².